The molecule has 1 saturated carbocycles. The first-order valence-electron chi connectivity index (χ1n) is 7.32. The van der Waals surface area contributed by atoms with Crippen molar-refractivity contribution >= 4 is 18.3 Å². The lowest BCUT2D eigenvalue weighted by atomic mass is 9.97. The molecule has 1 aliphatic carbocycles. The fraction of sp³-hybridized carbons (Fsp3) is 0.929. The minimum absolute atomic E-state index is 0. The summed E-state index contributed by atoms with van der Waals surface area (Å²) in [4.78, 5) is 12.0. The average Bonchev–Trinajstić information content (AvgIpc) is 2.36. The SMILES string of the molecule is CCC(OC1CCCCC1)C(=O)NCCC(C)N.Cl. The monoisotopic (exact) mass is 292 g/mol. The summed E-state index contributed by atoms with van der Waals surface area (Å²) in [7, 11) is 0. The third-order valence-electron chi connectivity index (χ3n) is 3.47. The highest BCUT2D eigenvalue weighted by molar-refractivity contribution is 5.85. The van der Waals surface area contributed by atoms with Gasteiger partial charge in [0, 0.05) is 12.6 Å². The van der Waals surface area contributed by atoms with E-state index in [0.29, 0.717) is 6.54 Å². The van der Waals surface area contributed by atoms with E-state index in [4.69, 9.17) is 10.5 Å². The molecule has 3 N–H and O–H groups in total. The van der Waals surface area contributed by atoms with E-state index in [0.717, 1.165) is 25.7 Å². The summed E-state index contributed by atoms with van der Waals surface area (Å²) in [6, 6.07) is 0.129. The predicted octanol–water partition coefficient (Wildman–Crippen LogP) is 2.39. The van der Waals surface area contributed by atoms with Gasteiger partial charge in [0.25, 0.3) is 0 Å². The molecule has 0 heterocycles. The van der Waals surface area contributed by atoms with E-state index < -0.39 is 0 Å². The Labute approximate surface area is 123 Å². The van der Waals surface area contributed by atoms with Gasteiger partial charge < -0.3 is 15.8 Å². The number of hydrogen-bond acceptors (Lipinski definition) is 3. The summed E-state index contributed by atoms with van der Waals surface area (Å²) in [5, 5.41) is 2.91. The minimum atomic E-state index is -0.291. The lowest BCUT2D eigenvalue weighted by molar-refractivity contribution is -0.138. The molecule has 2 unspecified atom stereocenters. The van der Waals surface area contributed by atoms with Crippen molar-refractivity contribution in [3.05, 3.63) is 0 Å². The molecule has 2 atom stereocenters. The lowest BCUT2D eigenvalue weighted by Crippen LogP contribution is -2.40. The van der Waals surface area contributed by atoms with Crippen LogP contribution in [-0.2, 0) is 9.53 Å². The van der Waals surface area contributed by atoms with Crippen molar-refractivity contribution in [3.8, 4) is 0 Å². The normalized spacial score (nSPS) is 19.3. The van der Waals surface area contributed by atoms with E-state index in [2.05, 4.69) is 5.32 Å². The molecule has 1 aliphatic rings. The highest BCUT2D eigenvalue weighted by atomic mass is 35.5. The summed E-state index contributed by atoms with van der Waals surface area (Å²) in [5.41, 5.74) is 5.65. The Kier molecular flexibility index (Phi) is 10.3. The number of nitrogens with two attached hydrogens (primary N) is 1. The summed E-state index contributed by atoms with van der Waals surface area (Å²) in [6.07, 6.45) is 7.50. The second-order valence-electron chi connectivity index (χ2n) is 5.35. The van der Waals surface area contributed by atoms with Crippen LogP contribution >= 0.6 is 12.4 Å². The maximum absolute atomic E-state index is 12.0. The van der Waals surface area contributed by atoms with Crippen LogP contribution in [0.5, 0.6) is 0 Å². The van der Waals surface area contributed by atoms with Gasteiger partial charge in [-0.05, 0) is 32.6 Å². The third kappa shape index (κ3) is 7.75. The van der Waals surface area contributed by atoms with Crippen LogP contribution in [0.4, 0.5) is 0 Å². The van der Waals surface area contributed by atoms with Gasteiger partial charge in [0.15, 0.2) is 0 Å². The van der Waals surface area contributed by atoms with Crippen LogP contribution < -0.4 is 11.1 Å². The van der Waals surface area contributed by atoms with Crippen LogP contribution in [0.2, 0.25) is 0 Å². The van der Waals surface area contributed by atoms with Crippen LogP contribution in [0.25, 0.3) is 0 Å². The fourth-order valence-electron chi connectivity index (χ4n) is 2.31. The maximum atomic E-state index is 12.0. The van der Waals surface area contributed by atoms with Gasteiger partial charge in [-0.15, -0.1) is 12.4 Å². The molecule has 1 amide bonds. The number of amides is 1. The Morgan fingerprint density at radius 1 is 1.37 bits per heavy atom. The van der Waals surface area contributed by atoms with E-state index >= 15 is 0 Å². The van der Waals surface area contributed by atoms with Crippen molar-refractivity contribution in [1.82, 2.24) is 5.32 Å². The number of carbonyl (C=O) groups excluding carboxylic acids is 1. The van der Waals surface area contributed by atoms with Gasteiger partial charge >= 0.3 is 0 Å². The van der Waals surface area contributed by atoms with Crippen LogP contribution in [-0.4, -0.2) is 30.7 Å². The Bertz CT molecular complexity index is 244. The first-order valence-corrected chi connectivity index (χ1v) is 7.32. The summed E-state index contributed by atoms with van der Waals surface area (Å²) in [6.45, 7) is 4.58. The molecule has 0 aromatic rings. The highest BCUT2D eigenvalue weighted by Gasteiger charge is 2.23. The Morgan fingerprint density at radius 3 is 2.53 bits per heavy atom. The Hall–Kier alpha value is -0.320. The molecule has 0 bridgehead atoms. The molecular formula is C14H29ClN2O2. The van der Waals surface area contributed by atoms with E-state index in [9.17, 15) is 4.79 Å². The van der Waals surface area contributed by atoms with Gasteiger partial charge in [0.1, 0.15) is 6.10 Å². The number of carbonyl (C=O) groups is 1. The first-order chi connectivity index (χ1) is 8.63. The summed E-state index contributed by atoms with van der Waals surface area (Å²) < 4.78 is 5.92. The number of rotatable bonds is 7. The molecule has 0 spiro atoms. The van der Waals surface area contributed by atoms with Crippen molar-refractivity contribution in [3.63, 3.8) is 0 Å². The van der Waals surface area contributed by atoms with Crippen molar-refractivity contribution in [2.75, 3.05) is 6.54 Å². The van der Waals surface area contributed by atoms with E-state index in [1.807, 2.05) is 13.8 Å². The molecular weight excluding hydrogens is 264 g/mol. The molecule has 114 valence electrons. The predicted molar refractivity (Wildman–Crippen MR) is 80.6 cm³/mol. The van der Waals surface area contributed by atoms with Crippen molar-refractivity contribution < 1.29 is 9.53 Å². The zero-order chi connectivity index (χ0) is 13.4. The third-order valence-corrected chi connectivity index (χ3v) is 3.47. The van der Waals surface area contributed by atoms with Gasteiger partial charge in [0.05, 0.1) is 6.10 Å². The molecule has 0 aromatic carbocycles. The molecule has 1 fully saturated rings. The molecule has 0 radical (unpaired) electrons. The first kappa shape index (κ1) is 18.7. The van der Waals surface area contributed by atoms with Crippen molar-refractivity contribution in [2.45, 2.75) is 77.0 Å². The standard InChI is InChI=1S/C14H28N2O2.ClH/c1-3-13(14(17)16-10-9-11(2)15)18-12-7-5-4-6-8-12;/h11-13H,3-10,15H2,1-2H3,(H,16,17);1H. The lowest BCUT2D eigenvalue weighted by Gasteiger charge is -2.26. The number of halogens is 1. The van der Waals surface area contributed by atoms with E-state index in [1.54, 1.807) is 0 Å². The molecule has 0 aromatic heterocycles. The summed E-state index contributed by atoms with van der Waals surface area (Å²) in [5.74, 6) is 0.0173. The van der Waals surface area contributed by atoms with Crippen molar-refractivity contribution in [1.29, 1.82) is 0 Å². The van der Waals surface area contributed by atoms with Crippen molar-refractivity contribution in [2.24, 2.45) is 5.73 Å². The van der Waals surface area contributed by atoms with Gasteiger partial charge in [-0.1, -0.05) is 26.2 Å². The van der Waals surface area contributed by atoms with Gasteiger partial charge in [0.2, 0.25) is 5.91 Å². The fourth-order valence-corrected chi connectivity index (χ4v) is 2.31. The van der Waals surface area contributed by atoms with Crippen LogP contribution in [0, 0.1) is 0 Å². The second kappa shape index (κ2) is 10.5. The molecule has 0 aliphatic heterocycles. The Morgan fingerprint density at radius 2 is 2.00 bits per heavy atom. The summed E-state index contributed by atoms with van der Waals surface area (Å²) >= 11 is 0. The zero-order valence-corrected chi connectivity index (χ0v) is 13.0. The molecule has 4 nitrogen and oxygen atoms in total. The quantitative estimate of drug-likeness (QED) is 0.757. The van der Waals surface area contributed by atoms with Gasteiger partial charge in [-0.3, -0.25) is 4.79 Å². The molecule has 0 saturated heterocycles. The second-order valence-corrected chi connectivity index (χ2v) is 5.35. The number of nitrogens with one attached hydrogen (secondary N) is 1. The molecule has 19 heavy (non-hydrogen) atoms. The number of ether oxygens (including phenoxy) is 1. The van der Waals surface area contributed by atoms with Gasteiger partial charge in [-0.2, -0.15) is 0 Å². The minimum Gasteiger partial charge on any atom is -0.365 e. The Balaban J connectivity index is 0.00000324. The van der Waals surface area contributed by atoms with Crippen LogP contribution in [0.3, 0.4) is 0 Å². The van der Waals surface area contributed by atoms with E-state index in [-0.39, 0.29) is 36.6 Å². The topological polar surface area (TPSA) is 64.3 Å². The van der Waals surface area contributed by atoms with Crippen LogP contribution in [0.15, 0.2) is 0 Å². The smallest absolute Gasteiger partial charge is 0.249 e. The molecule has 1 rings (SSSR count). The van der Waals surface area contributed by atoms with Gasteiger partial charge in [-0.25, -0.2) is 0 Å². The number of hydrogen-bond donors (Lipinski definition) is 2. The largest absolute Gasteiger partial charge is 0.365 e. The van der Waals surface area contributed by atoms with E-state index in [1.165, 1.54) is 19.3 Å². The highest BCUT2D eigenvalue weighted by Crippen LogP contribution is 2.22. The average molecular weight is 293 g/mol. The van der Waals surface area contributed by atoms with Crippen LogP contribution in [0.1, 0.15) is 58.8 Å². The zero-order valence-electron chi connectivity index (χ0n) is 12.2. The maximum Gasteiger partial charge on any atom is 0.249 e. The molecule has 5 heteroatoms.